The maximum absolute atomic E-state index is 12.0. The first-order valence-electron chi connectivity index (χ1n) is 11.9. The predicted octanol–water partition coefficient (Wildman–Crippen LogP) is 6.87. The zero-order valence-corrected chi connectivity index (χ0v) is 19.7. The van der Waals surface area contributed by atoms with Crippen LogP contribution in [0.25, 0.3) is 0 Å². The van der Waals surface area contributed by atoms with Crippen LogP contribution < -0.4 is 0 Å². The van der Waals surface area contributed by atoms with Crippen molar-refractivity contribution in [3.8, 4) is 0 Å². The smallest absolute Gasteiger partial charge is 0.117 e. The third-order valence-electron chi connectivity index (χ3n) is 7.16. The number of aliphatic hydroxyl groups is 1. The summed E-state index contributed by atoms with van der Waals surface area (Å²) in [6.45, 7) is 5.51. The highest BCUT2D eigenvalue weighted by Gasteiger charge is 2.41. The van der Waals surface area contributed by atoms with Gasteiger partial charge >= 0.3 is 0 Å². The van der Waals surface area contributed by atoms with Gasteiger partial charge < -0.3 is 10.0 Å². The van der Waals surface area contributed by atoms with E-state index in [0.717, 1.165) is 48.6 Å². The molecule has 0 aromatic heterocycles. The Morgan fingerprint density at radius 2 is 1.41 bits per heavy atom. The second-order valence-corrected chi connectivity index (χ2v) is 9.65. The monoisotopic (exact) mass is 447 g/mol. The summed E-state index contributed by atoms with van der Waals surface area (Å²) in [5, 5.41) is 12.8. The summed E-state index contributed by atoms with van der Waals surface area (Å²) >= 11 is 6.02. The fourth-order valence-corrected chi connectivity index (χ4v) is 5.30. The number of likely N-dealkylation sites (tertiary alicyclic amines) is 1. The molecule has 0 saturated carbocycles. The quantitative estimate of drug-likeness (QED) is 0.407. The van der Waals surface area contributed by atoms with Gasteiger partial charge in [-0.15, -0.1) is 0 Å². The van der Waals surface area contributed by atoms with Gasteiger partial charge in [0, 0.05) is 5.02 Å². The van der Waals surface area contributed by atoms with Crippen LogP contribution in [0, 0.1) is 5.92 Å². The van der Waals surface area contributed by atoms with Gasteiger partial charge in [-0.25, -0.2) is 0 Å². The molecule has 3 heteroatoms. The molecule has 168 valence electrons. The van der Waals surface area contributed by atoms with E-state index >= 15 is 0 Å². The predicted molar refractivity (Wildman–Crippen MR) is 134 cm³/mol. The molecule has 0 spiro atoms. The van der Waals surface area contributed by atoms with Crippen molar-refractivity contribution < 1.29 is 5.11 Å². The van der Waals surface area contributed by atoms with Crippen molar-refractivity contribution in [1.29, 1.82) is 0 Å². The summed E-state index contributed by atoms with van der Waals surface area (Å²) < 4.78 is 0. The van der Waals surface area contributed by atoms with E-state index in [4.69, 9.17) is 11.6 Å². The fraction of sp³-hybridized carbons (Fsp3) is 0.379. The Balaban J connectivity index is 1.35. The van der Waals surface area contributed by atoms with Crippen LogP contribution in [0.4, 0.5) is 0 Å². The maximum atomic E-state index is 12.0. The number of halogens is 1. The lowest BCUT2D eigenvalue weighted by molar-refractivity contribution is -0.0143. The van der Waals surface area contributed by atoms with E-state index in [0.29, 0.717) is 5.92 Å². The SMILES string of the molecule is CC(CCCN1CCC(C(O)(c2ccccc2)c2ccccc2)CC1)c1ccc(Cl)cc1. The minimum absolute atomic E-state index is 0.219. The molecule has 2 nitrogen and oxygen atoms in total. The second-order valence-electron chi connectivity index (χ2n) is 9.21. The maximum Gasteiger partial charge on any atom is 0.117 e. The molecule has 1 atom stereocenters. The molecule has 3 aromatic rings. The molecule has 1 aliphatic heterocycles. The zero-order valence-electron chi connectivity index (χ0n) is 19.0. The largest absolute Gasteiger partial charge is 0.380 e. The van der Waals surface area contributed by atoms with Crippen LogP contribution in [-0.4, -0.2) is 29.6 Å². The molecule has 0 amide bonds. The standard InChI is InChI=1S/C29H34ClNO/c1-23(24-14-16-28(30)17-15-24)9-8-20-31-21-18-27(19-22-31)29(32,25-10-4-2-5-11-25)26-12-6-3-7-13-26/h2-7,10-17,23,27,32H,8-9,18-22H2,1H3. The topological polar surface area (TPSA) is 23.5 Å². The number of nitrogens with zero attached hydrogens (tertiary/aromatic N) is 1. The van der Waals surface area contributed by atoms with Gasteiger partial charge in [-0.2, -0.15) is 0 Å². The number of piperidine rings is 1. The van der Waals surface area contributed by atoms with Gasteiger partial charge in [0.15, 0.2) is 0 Å². The fourth-order valence-electron chi connectivity index (χ4n) is 5.18. The summed E-state index contributed by atoms with van der Waals surface area (Å²) in [6.07, 6.45) is 4.38. The van der Waals surface area contributed by atoms with Crippen molar-refractivity contribution in [2.24, 2.45) is 5.92 Å². The average Bonchev–Trinajstić information content (AvgIpc) is 2.85. The molecule has 1 aliphatic rings. The van der Waals surface area contributed by atoms with Crippen molar-refractivity contribution in [2.45, 2.75) is 44.1 Å². The second kappa shape index (κ2) is 10.7. The zero-order chi connectivity index (χ0) is 22.4. The van der Waals surface area contributed by atoms with Crippen LogP contribution >= 0.6 is 11.6 Å². The van der Waals surface area contributed by atoms with Crippen LogP contribution in [0.3, 0.4) is 0 Å². The Labute approximate surface area is 197 Å². The summed E-state index contributed by atoms with van der Waals surface area (Å²) in [5.74, 6) is 0.766. The molecule has 3 aromatic carbocycles. The van der Waals surface area contributed by atoms with Crippen LogP contribution in [0.2, 0.25) is 5.02 Å². The van der Waals surface area contributed by atoms with E-state index in [2.05, 4.69) is 48.2 Å². The Morgan fingerprint density at radius 3 is 1.94 bits per heavy atom. The van der Waals surface area contributed by atoms with Gasteiger partial charge in [-0.3, -0.25) is 0 Å². The summed E-state index contributed by atoms with van der Waals surface area (Å²) in [6, 6.07) is 28.7. The lowest BCUT2D eigenvalue weighted by atomic mass is 9.72. The molecule has 1 N–H and O–H groups in total. The first-order valence-corrected chi connectivity index (χ1v) is 12.3. The first kappa shape index (κ1) is 23.0. The summed E-state index contributed by atoms with van der Waals surface area (Å²) in [5.41, 5.74) is 2.43. The summed E-state index contributed by atoms with van der Waals surface area (Å²) in [7, 11) is 0. The van der Waals surface area contributed by atoms with Crippen molar-refractivity contribution in [1.82, 2.24) is 4.90 Å². The lowest BCUT2D eigenvalue weighted by Crippen LogP contribution is -2.44. The molecule has 1 saturated heterocycles. The number of rotatable bonds is 8. The highest BCUT2D eigenvalue weighted by Crippen LogP contribution is 2.42. The van der Waals surface area contributed by atoms with Crippen molar-refractivity contribution in [2.75, 3.05) is 19.6 Å². The third kappa shape index (κ3) is 5.26. The normalized spacial score (nSPS) is 16.7. The number of benzene rings is 3. The van der Waals surface area contributed by atoms with Gasteiger partial charge in [-0.1, -0.05) is 91.3 Å². The minimum atomic E-state index is -0.933. The first-order chi connectivity index (χ1) is 15.6. The Hall–Kier alpha value is -2.13. The molecule has 32 heavy (non-hydrogen) atoms. The van der Waals surface area contributed by atoms with Crippen molar-refractivity contribution in [3.05, 3.63) is 107 Å². The minimum Gasteiger partial charge on any atom is -0.380 e. The molecular formula is C29H34ClNO. The molecule has 0 bridgehead atoms. The van der Waals surface area contributed by atoms with E-state index in [1.165, 1.54) is 18.4 Å². The van der Waals surface area contributed by atoms with Gasteiger partial charge in [0.2, 0.25) is 0 Å². The Morgan fingerprint density at radius 1 is 0.875 bits per heavy atom. The molecule has 1 heterocycles. The van der Waals surface area contributed by atoms with Crippen LogP contribution in [0.15, 0.2) is 84.9 Å². The van der Waals surface area contributed by atoms with Gasteiger partial charge in [0.25, 0.3) is 0 Å². The Kier molecular flexibility index (Phi) is 7.67. The Bertz CT molecular complexity index is 910. The number of hydrogen-bond acceptors (Lipinski definition) is 2. The molecule has 1 fully saturated rings. The highest BCUT2D eigenvalue weighted by atomic mass is 35.5. The molecule has 0 aliphatic carbocycles. The van der Waals surface area contributed by atoms with E-state index in [9.17, 15) is 5.11 Å². The lowest BCUT2D eigenvalue weighted by Gasteiger charge is -2.42. The molecule has 1 unspecified atom stereocenters. The molecule has 0 radical (unpaired) electrons. The van der Waals surface area contributed by atoms with E-state index < -0.39 is 5.60 Å². The molecular weight excluding hydrogens is 414 g/mol. The number of hydrogen-bond donors (Lipinski definition) is 1. The van der Waals surface area contributed by atoms with E-state index in [1.54, 1.807) is 0 Å². The highest BCUT2D eigenvalue weighted by molar-refractivity contribution is 6.30. The third-order valence-corrected chi connectivity index (χ3v) is 7.41. The summed E-state index contributed by atoms with van der Waals surface area (Å²) in [4.78, 5) is 2.57. The van der Waals surface area contributed by atoms with E-state index in [-0.39, 0.29) is 5.92 Å². The van der Waals surface area contributed by atoms with E-state index in [1.807, 2.05) is 48.5 Å². The van der Waals surface area contributed by atoms with Crippen molar-refractivity contribution in [3.63, 3.8) is 0 Å². The van der Waals surface area contributed by atoms with Crippen molar-refractivity contribution >= 4 is 11.6 Å². The van der Waals surface area contributed by atoms with Crippen LogP contribution in [0.1, 0.15) is 55.2 Å². The van der Waals surface area contributed by atoms with Crippen LogP contribution in [0.5, 0.6) is 0 Å². The van der Waals surface area contributed by atoms with Gasteiger partial charge in [-0.05, 0) is 86.0 Å². The van der Waals surface area contributed by atoms with Crippen LogP contribution in [-0.2, 0) is 5.60 Å². The van der Waals surface area contributed by atoms with Gasteiger partial charge in [0.05, 0.1) is 0 Å². The molecule has 4 rings (SSSR count). The average molecular weight is 448 g/mol. The van der Waals surface area contributed by atoms with Gasteiger partial charge in [0.1, 0.15) is 5.60 Å².